The van der Waals surface area contributed by atoms with Gasteiger partial charge in [0.1, 0.15) is 0 Å². The highest BCUT2D eigenvalue weighted by Gasteiger charge is 2.09. The highest BCUT2D eigenvalue weighted by atomic mass is 16.5. The number of aryl methyl sites for hydroxylation is 1. The van der Waals surface area contributed by atoms with Gasteiger partial charge >= 0.3 is 0 Å². The number of amides is 2. The molecule has 0 heterocycles. The van der Waals surface area contributed by atoms with Crippen LogP contribution < -0.4 is 20.1 Å². The third-order valence-corrected chi connectivity index (χ3v) is 4.14. The number of carbonyl (C=O) groups excluding carboxylic acids is 2. The van der Waals surface area contributed by atoms with Crippen molar-refractivity contribution in [1.29, 1.82) is 0 Å². The Bertz CT molecular complexity index is 986. The van der Waals surface area contributed by atoms with Crippen LogP contribution in [0, 0.1) is 6.92 Å². The van der Waals surface area contributed by atoms with Crippen molar-refractivity contribution in [2.24, 2.45) is 0 Å². The molecule has 0 saturated carbocycles. The summed E-state index contributed by atoms with van der Waals surface area (Å²) in [6, 6.07) is 21.3. The van der Waals surface area contributed by atoms with E-state index >= 15 is 0 Å². The van der Waals surface area contributed by atoms with Crippen LogP contribution in [0.4, 0.5) is 11.4 Å². The Morgan fingerprint density at radius 2 is 1.48 bits per heavy atom. The van der Waals surface area contributed by atoms with Crippen molar-refractivity contribution < 1.29 is 19.1 Å². The number of anilines is 2. The first-order valence-corrected chi connectivity index (χ1v) is 9.09. The van der Waals surface area contributed by atoms with Gasteiger partial charge in [0.25, 0.3) is 11.8 Å². The fourth-order valence-electron chi connectivity index (χ4n) is 2.66. The summed E-state index contributed by atoms with van der Waals surface area (Å²) in [5.41, 5.74) is 2.86. The van der Waals surface area contributed by atoms with Crippen molar-refractivity contribution in [3.63, 3.8) is 0 Å². The summed E-state index contributed by atoms with van der Waals surface area (Å²) >= 11 is 0. The average Bonchev–Trinajstić information content (AvgIpc) is 2.74. The Morgan fingerprint density at radius 3 is 2.14 bits per heavy atom. The summed E-state index contributed by atoms with van der Waals surface area (Å²) in [6.07, 6.45) is 0. The van der Waals surface area contributed by atoms with Gasteiger partial charge in [0, 0.05) is 16.9 Å². The average molecular weight is 390 g/mol. The molecule has 6 heteroatoms. The number of benzene rings is 3. The minimum absolute atomic E-state index is 0.147. The van der Waals surface area contributed by atoms with Crippen LogP contribution in [0.2, 0.25) is 0 Å². The smallest absolute Gasteiger partial charge is 0.262 e. The number of hydrogen-bond donors (Lipinski definition) is 2. The van der Waals surface area contributed by atoms with Crippen LogP contribution in [0.5, 0.6) is 11.5 Å². The summed E-state index contributed by atoms with van der Waals surface area (Å²) in [7, 11) is 1.56. The minimum atomic E-state index is -0.298. The van der Waals surface area contributed by atoms with Gasteiger partial charge < -0.3 is 20.1 Å². The Labute approximate surface area is 169 Å². The van der Waals surface area contributed by atoms with E-state index in [1.807, 2.05) is 37.3 Å². The third kappa shape index (κ3) is 5.59. The van der Waals surface area contributed by atoms with Gasteiger partial charge in [-0.2, -0.15) is 0 Å². The summed E-state index contributed by atoms with van der Waals surface area (Å²) in [5, 5.41) is 5.57. The third-order valence-electron chi connectivity index (χ3n) is 4.14. The molecule has 0 unspecified atom stereocenters. The lowest BCUT2D eigenvalue weighted by Crippen LogP contribution is -2.20. The largest absolute Gasteiger partial charge is 0.493 e. The van der Waals surface area contributed by atoms with Gasteiger partial charge in [0.2, 0.25) is 0 Å². The van der Waals surface area contributed by atoms with Gasteiger partial charge in [-0.1, -0.05) is 24.3 Å². The second-order valence-electron chi connectivity index (χ2n) is 6.39. The van der Waals surface area contributed by atoms with Crippen molar-refractivity contribution in [2.75, 3.05) is 24.4 Å². The SMILES string of the molecule is COc1cc(C)ccc1OCC(=O)Nc1ccc(NC(=O)c2ccccc2)cc1. The molecule has 2 amide bonds. The fraction of sp³-hybridized carbons (Fsp3) is 0.130. The van der Waals surface area contributed by atoms with Gasteiger partial charge in [-0.3, -0.25) is 9.59 Å². The molecule has 0 spiro atoms. The molecule has 0 aromatic heterocycles. The van der Waals surface area contributed by atoms with E-state index in [0.29, 0.717) is 28.4 Å². The number of methoxy groups -OCH3 is 1. The lowest BCUT2D eigenvalue weighted by molar-refractivity contribution is -0.118. The second kappa shape index (κ2) is 9.41. The minimum Gasteiger partial charge on any atom is -0.493 e. The molecular weight excluding hydrogens is 368 g/mol. The Kier molecular flexibility index (Phi) is 6.47. The zero-order chi connectivity index (χ0) is 20.6. The molecule has 0 atom stereocenters. The van der Waals surface area contributed by atoms with E-state index in [1.165, 1.54) is 0 Å². The fourth-order valence-corrected chi connectivity index (χ4v) is 2.66. The predicted octanol–water partition coefficient (Wildman–Crippen LogP) is 4.27. The van der Waals surface area contributed by atoms with E-state index in [-0.39, 0.29) is 18.4 Å². The van der Waals surface area contributed by atoms with Gasteiger partial charge in [0.15, 0.2) is 18.1 Å². The van der Waals surface area contributed by atoms with Crippen LogP contribution in [0.1, 0.15) is 15.9 Å². The monoisotopic (exact) mass is 390 g/mol. The lowest BCUT2D eigenvalue weighted by atomic mass is 10.2. The van der Waals surface area contributed by atoms with Gasteiger partial charge in [-0.15, -0.1) is 0 Å². The van der Waals surface area contributed by atoms with Crippen molar-refractivity contribution in [3.05, 3.63) is 83.9 Å². The number of carbonyl (C=O) groups is 2. The first-order chi connectivity index (χ1) is 14.0. The van der Waals surface area contributed by atoms with Crippen LogP contribution in [-0.2, 0) is 4.79 Å². The Hall–Kier alpha value is -3.80. The van der Waals surface area contributed by atoms with E-state index in [0.717, 1.165) is 5.56 Å². The van der Waals surface area contributed by atoms with Crippen LogP contribution in [0.25, 0.3) is 0 Å². The van der Waals surface area contributed by atoms with Crippen LogP contribution in [0.15, 0.2) is 72.8 Å². The molecule has 29 heavy (non-hydrogen) atoms. The summed E-state index contributed by atoms with van der Waals surface area (Å²) in [6.45, 7) is 1.80. The molecule has 2 N–H and O–H groups in total. The molecular formula is C23H22N2O4. The molecule has 3 aromatic carbocycles. The van der Waals surface area contributed by atoms with Crippen molar-refractivity contribution in [2.45, 2.75) is 6.92 Å². The van der Waals surface area contributed by atoms with Crippen LogP contribution >= 0.6 is 0 Å². The highest BCUT2D eigenvalue weighted by molar-refractivity contribution is 6.04. The van der Waals surface area contributed by atoms with E-state index in [1.54, 1.807) is 49.6 Å². The van der Waals surface area contributed by atoms with E-state index < -0.39 is 0 Å². The van der Waals surface area contributed by atoms with E-state index in [9.17, 15) is 9.59 Å². The van der Waals surface area contributed by atoms with Gasteiger partial charge in [0.05, 0.1) is 7.11 Å². The van der Waals surface area contributed by atoms with Crippen molar-refractivity contribution >= 4 is 23.2 Å². The molecule has 3 rings (SSSR count). The lowest BCUT2D eigenvalue weighted by Gasteiger charge is -2.12. The number of ether oxygens (including phenoxy) is 2. The normalized spacial score (nSPS) is 10.1. The molecule has 0 aliphatic heterocycles. The Morgan fingerprint density at radius 1 is 0.828 bits per heavy atom. The topological polar surface area (TPSA) is 76.7 Å². The van der Waals surface area contributed by atoms with Crippen LogP contribution in [0.3, 0.4) is 0 Å². The molecule has 0 aliphatic carbocycles. The summed E-state index contributed by atoms with van der Waals surface area (Å²) in [5.74, 6) is 0.597. The molecule has 0 aliphatic rings. The summed E-state index contributed by atoms with van der Waals surface area (Å²) in [4.78, 5) is 24.3. The Balaban J connectivity index is 1.53. The van der Waals surface area contributed by atoms with E-state index in [2.05, 4.69) is 10.6 Å². The molecule has 0 radical (unpaired) electrons. The molecule has 148 valence electrons. The van der Waals surface area contributed by atoms with Crippen molar-refractivity contribution in [3.8, 4) is 11.5 Å². The quantitative estimate of drug-likeness (QED) is 0.632. The number of hydrogen-bond acceptors (Lipinski definition) is 4. The molecule has 3 aromatic rings. The number of nitrogens with one attached hydrogen (secondary N) is 2. The zero-order valence-electron chi connectivity index (χ0n) is 16.3. The molecule has 0 bridgehead atoms. The maximum Gasteiger partial charge on any atom is 0.262 e. The van der Waals surface area contributed by atoms with Crippen LogP contribution in [-0.4, -0.2) is 25.5 Å². The standard InChI is InChI=1S/C23H22N2O4/c1-16-8-13-20(21(14-16)28-2)29-15-22(26)24-18-9-11-19(12-10-18)25-23(27)17-6-4-3-5-7-17/h3-14H,15H2,1-2H3,(H,24,26)(H,25,27). The maximum atomic E-state index is 12.2. The first-order valence-electron chi connectivity index (χ1n) is 9.09. The molecule has 0 fully saturated rings. The maximum absolute atomic E-state index is 12.2. The number of rotatable bonds is 7. The zero-order valence-corrected chi connectivity index (χ0v) is 16.3. The van der Waals surface area contributed by atoms with Gasteiger partial charge in [-0.25, -0.2) is 0 Å². The predicted molar refractivity (Wildman–Crippen MR) is 113 cm³/mol. The molecule has 0 saturated heterocycles. The first kappa shape index (κ1) is 19.9. The second-order valence-corrected chi connectivity index (χ2v) is 6.39. The highest BCUT2D eigenvalue weighted by Crippen LogP contribution is 2.27. The van der Waals surface area contributed by atoms with Gasteiger partial charge in [-0.05, 0) is 61.0 Å². The van der Waals surface area contributed by atoms with E-state index in [4.69, 9.17) is 9.47 Å². The molecule has 6 nitrogen and oxygen atoms in total. The van der Waals surface area contributed by atoms with Crippen molar-refractivity contribution in [1.82, 2.24) is 0 Å². The summed E-state index contributed by atoms with van der Waals surface area (Å²) < 4.78 is 10.8.